The molecule has 0 atom stereocenters. The molecule has 0 bridgehead atoms. The number of hydrogen-bond acceptors (Lipinski definition) is 5. The lowest BCUT2D eigenvalue weighted by Gasteiger charge is -2.07. The van der Waals surface area contributed by atoms with Gasteiger partial charge in [-0.1, -0.05) is 0 Å². The minimum absolute atomic E-state index is 0.124. The highest BCUT2D eigenvalue weighted by atomic mass is 16.6. The topological polar surface area (TPSA) is 105 Å². The number of nitrogens with one attached hydrogen (secondary N) is 1. The van der Waals surface area contributed by atoms with E-state index < -0.39 is 10.9 Å². The van der Waals surface area contributed by atoms with Crippen LogP contribution in [0.2, 0.25) is 0 Å². The largest absolute Gasteiger partial charge is 0.478 e. The maximum Gasteiger partial charge on any atom is 0.339 e. The van der Waals surface area contributed by atoms with Gasteiger partial charge in [-0.25, -0.2) is 9.78 Å². The van der Waals surface area contributed by atoms with Crippen LogP contribution in [0.4, 0.5) is 11.5 Å². The van der Waals surface area contributed by atoms with E-state index >= 15 is 0 Å². The highest BCUT2D eigenvalue weighted by molar-refractivity contribution is 5.93. The number of carbonyl (C=O) groups is 1. The Kier molecular flexibility index (Phi) is 5.29. The number of carboxylic acid groups (broad SMARTS) is 1. The number of hydrogen-bond donors (Lipinski definition) is 2. The van der Waals surface area contributed by atoms with E-state index in [1.165, 1.54) is 0 Å². The summed E-state index contributed by atoms with van der Waals surface area (Å²) in [5.74, 6) is 1.37. The van der Waals surface area contributed by atoms with Crippen LogP contribution < -0.4 is 5.32 Å². The van der Waals surface area contributed by atoms with E-state index in [9.17, 15) is 14.9 Å². The molecule has 2 N–H and O–H groups in total. The lowest BCUT2D eigenvalue weighted by molar-refractivity contribution is -0.385. The van der Waals surface area contributed by atoms with Gasteiger partial charge in [0.2, 0.25) is 0 Å². The summed E-state index contributed by atoms with van der Waals surface area (Å²) < 4.78 is 0. The minimum atomic E-state index is -1.26. The predicted octanol–water partition coefficient (Wildman–Crippen LogP) is 1.90. The second kappa shape index (κ2) is 6.96. The van der Waals surface area contributed by atoms with Gasteiger partial charge in [0.1, 0.15) is 17.6 Å². The fraction of sp³-hybridized carbons (Fsp3) is 0.333. The zero-order chi connectivity index (χ0) is 14.3. The Morgan fingerprint density at radius 2 is 2.32 bits per heavy atom. The fourth-order valence-corrected chi connectivity index (χ4v) is 1.42. The zero-order valence-electron chi connectivity index (χ0n) is 10.1. The van der Waals surface area contributed by atoms with Gasteiger partial charge in [-0.2, -0.15) is 0 Å². The summed E-state index contributed by atoms with van der Waals surface area (Å²) in [6.07, 6.45) is 8.37. The van der Waals surface area contributed by atoms with Crippen LogP contribution in [0, 0.1) is 22.5 Å². The van der Waals surface area contributed by atoms with Crippen LogP contribution in [0.15, 0.2) is 12.3 Å². The monoisotopic (exact) mass is 263 g/mol. The number of nitro groups is 1. The van der Waals surface area contributed by atoms with Gasteiger partial charge < -0.3 is 10.4 Å². The number of terminal acetylenes is 1. The second-order valence-electron chi connectivity index (χ2n) is 3.74. The van der Waals surface area contributed by atoms with E-state index in [-0.39, 0.29) is 17.1 Å². The summed E-state index contributed by atoms with van der Waals surface area (Å²) in [5.41, 5.74) is -0.568. The molecule has 7 heteroatoms. The summed E-state index contributed by atoms with van der Waals surface area (Å²) >= 11 is 0. The Labute approximate surface area is 109 Å². The molecular formula is C12H13N3O4. The van der Waals surface area contributed by atoms with Crippen molar-refractivity contribution in [2.24, 2.45) is 0 Å². The molecule has 1 aromatic rings. The summed E-state index contributed by atoms with van der Waals surface area (Å²) in [5, 5.41) is 22.4. The molecule has 19 heavy (non-hydrogen) atoms. The normalized spacial score (nSPS) is 9.63. The smallest absolute Gasteiger partial charge is 0.339 e. The highest BCUT2D eigenvalue weighted by Crippen LogP contribution is 2.19. The van der Waals surface area contributed by atoms with E-state index in [0.717, 1.165) is 25.1 Å². The maximum atomic E-state index is 11.0. The quantitative estimate of drug-likeness (QED) is 0.337. The number of pyridine rings is 1. The van der Waals surface area contributed by atoms with Crippen molar-refractivity contribution in [1.29, 1.82) is 0 Å². The molecule has 0 radical (unpaired) electrons. The first-order chi connectivity index (χ1) is 9.06. The van der Waals surface area contributed by atoms with Gasteiger partial charge in [0, 0.05) is 19.0 Å². The molecule has 1 aromatic heterocycles. The van der Waals surface area contributed by atoms with Gasteiger partial charge >= 0.3 is 5.97 Å². The molecule has 7 nitrogen and oxygen atoms in total. The molecule has 0 aliphatic carbocycles. The Morgan fingerprint density at radius 3 is 2.89 bits per heavy atom. The van der Waals surface area contributed by atoms with Crippen molar-refractivity contribution in [3.05, 3.63) is 27.9 Å². The fourth-order valence-electron chi connectivity index (χ4n) is 1.42. The summed E-state index contributed by atoms with van der Waals surface area (Å²) in [7, 11) is 0. The van der Waals surface area contributed by atoms with Crippen molar-refractivity contribution in [2.45, 2.75) is 19.3 Å². The maximum absolute atomic E-state index is 11.0. The number of aromatic nitrogens is 1. The molecule has 0 amide bonds. The predicted molar refractivity (Wildman–Crippen MR) is 69.0 cm³/mol. The standard InChI is InChI=1S/C12H13N3O4/c1-2-3-4-5-6-13-11-10(12(16)17)7-9(8-14-11)15(18)19/h1,7-8H,3-6H2,(H,13,14)(H,16,17). The number of nitrogens with zero attached hydrogens (tertiary/aromatic N) is 2. The molecular weight excluding hydrogens is 250 g/mol. The number of aromatic carboxylic acids is 1. The van der Waals surface area contributed by atoms with Gasteiger partial charge in [-0.05, 0) is 12.8 Å². The Bertz CT molecular complexity index is 522. The van der Waals surface area contributed by atoms with Crippen LogP contribution in [-0.4, -0.2) is 27.5 Å². The molecule has 100 valence electrons. The third kappa shape index (κ3) is 4.27. The lowest BCUT2D eigenvalue weighted by atomic mass is 10.2. The van der Waals surface area contributed by atoms with Crippen molar-refractivity contribution in [3.63, 3.8) is 0 Å². The lowest BCUT2D eigenvalue weighted by Crippen LogP contribution is -2.10. The van der Waals surface area contributed by atoms with E-state index in [2.05, 4.69) is 16.2 Å². The van der Waals surface area contributed by atoms with Crippen molar-refractivity contribution in [3.8, 4) is 12.3 Å². The zero-order valence-corrected chi connectivity index (χ0v) is 10.1. The summed E-state index contributed by atoms with van der Waals surface area (Å²) in [6, 6.07) is 0.985. The van der Waals surface area contributed by atoms with Gasteiger partial charge in [0.25, 0.3) is 5.69 Å². The van der Waals surface area contributed by atoms with E-state index in [0.29, 0.717) is 13.0 Å². The Morgan fingerprint density at radius 1 is 1.58 bits per heavy atom. The average molecular weight is 263 g/mol. The number of anilines is 1. The van der Waals surface area contributed by atoms with Gasteiger partial charge in [0.15, 0.2) is 0 Å². The van der Waals surface area contributed by atoms with Crippen molar-refractivity contribution >= 4 is 17.5 Å². The Balaban J connectivity index is 2.75. The summed E-state index contributed by atoms with van der Waals surface area (Å²) in [4.78, 5) is 24.6. The van der Waals surface area contributed by atoms with Crippen molar-refractivity contribution in [1.82, 2.24) is 4.98 Å². The highest BCUT2D eigenvalue weighted by Gasteiger charge is 2.17. The van der Waals surface area contributed by atoms with E-state index in [1.54, 1.807) is 0 Å². The first kappa shape index (κ1) is 14.4. The molecule has 0 saturated heterocycles. The van der Waals surface area contributed by atoms with Crippen LogP contribution in [0.1, 0.15) is 29.6 Å². The SMILES string of the molecule is C#CCCCCNc1ncc([N+](=O)[O-])cc1C(=O)O. The van der Waals surface area contributed by atoms with Crippen LogP contribution >= 0.6 is 0 Å². The molecule has 0 fully saturated rings. The first-order valence-electron chi connectivity index (χ1n) is 5.61. The van der Waals surface area contributed by atoms with Gasteiger partial charge in [-0.3, -0.25) is 10.1 Å². The number of unbranched alkanes of at least 4 members (excludes halogenated alkanes) is 2. The number of carboxylic acids is 1. The van der Waals surface area contributed by atoms with Gasteiger partial charge in [0.05, 0.1) is 4.92 Å². The third-order valence-electron chi connectivity index (χ3n) is 2.35. The van der Waals surface area contributed by atoms with E-state index in [1.807, 2.05) is 0 Å². The average Bonchev–Trinajstić information content (AvgIpc) is 2.38. The second-order valence-corrected chi connectivity index (χ2v) is 3.74. The minimum Gasteiger partial charge on any atom is -0.478 e. The first-order valence-corrected chi connectivity index (χ1v) is 5.61. The molecule has 0 spiro atoms. The molecule has 0 aliphatic rings. The number of rotatable bonds is 7. The van der Waals surface area contributed by atoms with Crippen molar-refractivity contribution in [2.75, 3.05) is 11.9 Å². The molecule has 0 unspecified atom stereocenters. The van der Waals surface area contributed by atoms with Crippen LogP contribution in [0.3, 0.4) is 0 Å². The third-order valence-corrected chi connectivity index (χ3v) is 2.35. The van der Waals surface area contributed by atoms with E-state index in [4.69, 9.17) is 11.5 Å². The molecule has 1 heterocycles. The summed E-state index contributed by atoms with van der Waals surface area (Å²) in [6.45, 7) is 0.507. The van der Waals surface area contributed by atoms with Crippen LogP contribution in [0.5, 0.6) is 0 Å². The molecule has 0 aromatic carbocycles. The molecule has 0 aliphatic heterocycles. The molecule has 0 saturated carbocycles. The molecule has 1 rings (SSSR count). The van der Waals surface area contributed by atoms with Crippen LogP contribution in [-0.2, 0) is 0 Å². The van der Waals surface area contributed by atoms with Gasteiger partial charge in [-0.15, -0.1) is 12.3 Å². The van der Waals surface area contributed by atoms with Crippen molar-refractivity contribution < 1.29 is 14.8 Å². The Hall–Kier alpha value is -2.62. The van der Waals surface area contributed by atoms with Crippen LogP contribution in [0.25, 0.3) is 0 Å².